The van der Waals surface area contributed by atoms with Gasteiger partial charge in [0, 0.05) is 4.47 Å². The molecule has 0 aliphatic rings. The molecule has 0 radical (unpaired) electrons. The van der Waals surface area contributed by atoms with Gasteiger partial charge in [-0.05, 0) is 30.3 Å². The molecular weight excluding hydrogens is 336 g/mol. The Labute approximate surface area is 129 Å². The fraction of sp³-hybridized carbons (Fsp3) is 0.0667. The highest BCUT2D eigenvalue weighted by molar-refractivity contribution is 9.10. The van der Waals surface area contributed by atoms with Gasteiger partial charge >= 0.3 is 0 Å². The van der Waals surface area contributed by atoms with Gasteiger partial charge in [0.2, 0.25) is 0 Å². The monoisotopic (exact) mass is 346 g/mol. The highest BCUT2D eigenvalue weighted by atomic mass is 79.9. The van der Waals surface area contributed by atoms with Gasteiger partial charge in [0.25, 0.3) is 5.91 Å². The summed E-state index contributed by atoms with van der Waals surface area (Å²) in [6, 6.07) is 13.2. The number of anilines is 1. The number of carbonyl (C=O) groups excluding carboxylic acids is 1. The van der Waals surface area contributed by atoms with E-state index in [1.165, 1.54) is 12.1 Å². The number of nitrogens with one attached hydrogen (secondary N) is 1. The highest BCUT2D eigenvalue weighted by Crippen LogP contribution is 2.27. The van der Waals surface area contributed by atoms with Crippen molar-refractivity contribution in [2.45, 2.75) is 0 Å². The minimum Gasteiger partial charge on any atom is -0.507 e. The molecule has 1 amide bonds. The number of aromatic hydroxyl groups is 1. The molecule has 0 unspecified atom stereocenters. The Hall–Kier alpha value is -2.52. The Morgan fingerprint density at radius 1 is 1.33 bits per heavy atom. The van der Waals surface area contributed by atoms with Crippen LogP contribution in [0.3, 0.4) is 0 Å². The first-order chi connectivity index (χ1) is 10.1. The molecule has 0 aliphatic carbocycles. The van der Waals surface area contributed by atoms with Gasteiger partial charge in [0.1, 0.15) is 17.6 Å². The minimum absolute atomic E-state index is 0.116. The third-order valence-corrected chi connectivity index (χ3v) is 3.12. The second-order valence-electron chi connectivity index (χ2n) is 4.06. The summed E-state index contributed by atoms with van der Waals surface area (Å²) >= 11 is 3.25. The maximum absolute atomic E-state index is 12.2. The summed E-state index contributed by atoms with van der Waals surface area (Å²) in [4.78, 5) is 12.2. The van der Waals surface area contributed by atoms with Crippen molar-refractivity contribution >= 4 is 27.5 Å². The van der Waals surface area contributed by atoms with Gasteiger partial charge in [-0.1, -0.05) is 28.1 Å². The van der Waals surface area contributed by atoms with Crippen LogP contribution in [0.1, 0.15) is 10.4 Å². The molecule has 21 heavy (non-hydrogen) atoms. The average Bonchev–Trinajstić information content (AvgIpc) is 2.48. The first-order valence-corrected chi connectivity index (χ1v) is 6.80. The molecule has 5 nitrogen and oxygen atoms in total. The number of hydrogen-bond acceptors (Lipinski definition) is 4. The van der Waals surface area contributed by atoms with E-state index >= 15 is 0 Å². The summed E-state index contributed by atoms with van der Waals surface area (Å²) in [7, 11) is 0. The number of hydrogen-bond donors (Lipinski definition) is 2. The Morgan fingerprint density at radius 2 is 2.10 bits per heavy atom. The van der Waals surface area contributed by atoms with Crippen LogP contribution in [0.4, 0.5) is 5.69 Å². The van der Waals surface area contributed by atoms with Crippen LogP contribution >= 0.6 is 15.9 Å². The maximum Gasteiger partial charge on any atom is 0.259 e. The molecule has 0 bridgehead atoms. The average molecular weight is 347 g/mol. The first-order valence-electron chi connectivity index (χ1n) is 6.00. The van der Waals surface area contributed by atoms with Crippen molar-refractivity contribution < 1.29 is 14.6 Å². The predicted octanol–water partition coefficient (Wildman–Crippen LogP) is 3.31. The molecule has 6 heteroatoms. The molecule has 2 N–H and O–H groups in total. The molecule has 2 aromatic rings. The molecule has 0 heterocycles. The van der Waals surface area contributed by atoms with Crippen LogP contribution in [0.25, 0.3) is 0 Å². The maximum atomic E-state index is 12.2. The Balaban J connectivity index is 2.24. The van der Waals surface area contributed by atoms with E-state index in [-0.39, 0.29) is 17.9 Å². The minimum atomic E-state index is -0.471. The van der Waals surface area contributed by atoms with Crippen molar-refractivity contribution in [3.63, 3.8) is 0 Å². The van der Waals surface area contributed by atoms with Gasteiger partial charge in [-0.25, -0.2) is 0 Å². The number of benzene rings is 2. The van der Waals surface area contributed by atoms with Gasteiger partial charge in [-0.2, -0.15) is 5.26 Å². The first kappa shape index (κ1) is 14.9. The van der Waals surface area contributed by atoms with E-state index in [2.05, 4.69) is 21.2 Å². The number of nitrogens with zero attached hydrogens (tertiary/aromatic N) is 1. The van der Waals surface area contributed by atoms with Crippen LogP contribution in [0.15, 0.2) is 46.9 Å². The van der Waals surface area contributed by atoms with Crippen molar-refractivity contribution in [2.24, 2.45) is 0 Å². The topological polar surface area (TPSA) is 82.3 Å². The van der Waals surface area contributed by atoms with Crippen molar-refractivity contribution in [2.75, 3.05) is 11.9 Å². The number of phenols is 1. The van der Waals surface area contributed by atoms with Gasteiger partial charge in [0.15, 0.2) is 6.61 Å². The second kappa shape index (κ2) is 6.77. The molecular formula is C15H11BrN2O3. The van der Waals surface area contributed by atoms with Crippen LogP contribution in [-0.4, -0.2) is 17.6 Å². The fourth-order valence-corrected chi connectivity index (χ4v) is 2.05. The van der Waals surface area contributed by atoms with E-state index in [4.69, 9.17) is 10.00 Å². The standard InChI is InChI=1S/C15H11BrN2O3/c16-10-5-6-13(19)11(9-10)15(20)18-12-3-1-2-4-14(12)21-8-7-17/h1-6,9,19H,8H2,(H,18,20). The van der Waals surface area contributed by atoms with Crippen molar-refractivity contribution in [3.8, 4) is 17.6 Å². The zero-order valence-corrected chi connectivity index (χ0v) is 12.4. The van der Waals surface area contributed by atoms with E-state index in [1.54, 1.807) is 30.3 Å². The van der Waals surface area contributed by atoms with Crippen LogP contribution < -0.4 is 10.1 Å². The third-order valence-electron chi connectivity index (χ3n) is 2.63. The van der Waals surface area contributed by atoms with Gasteiger partial charge in [-0.15, -0.1) is 0 Å². The molecule has 2 aromatic carbocycles. The molecule has 2 rings (SSSR count). The number of carbonyl (C=O) groups is 1. The lowest BCUT2D eigenvalue weighted by molar-refractivity contribution is 0.102. The lowest BCUT2D eigenvalue weighted by Gasteiger charge is -2.11. The predicted molar refractivity (Wildman–Crippen MR) is 81.3 cm³/mol. The van der Waals surface area contributed by atoms with Crippen LogP contribution in [0.5, 0.6) is 11.5 Å². The molecule has 0 atom stereocenters. The van der Waals surface area contributed by atoms with E-state index in [1.807, 2.05) is 6.07 Å². The highest BCUT2D eigenvalue weighted by Gasteiger charge is 2.14. The van der Waals surface area contributed by atoms with E-state index < -0.39 is 5.91 Å². The summed E-state index contributed by atoms with van der Waals surface area (Å²) in [5.41, 5.74) is 0.566. The van der Waals surface area contributed by atoms with E-state index in [0.29, 0.717) is 15.9 Å². The fourth-order valence-electron chi connectivity index (χ4n) is 1.69. The van der Waals surface area contributed by atoms with Crippen molar-refractivity contribution in [3.05, 3.63) is 52.5 Å². The van der Waals surface area contributed by atoms with E-state index in [0.717, 1.165) is 0 Å². The summed E-state index contributed by atoms with van der Waals surface area (Å²) < 4.78 is 5.91. The smallest absolute Gasteiger partial charge is 0.259 e. The molecule has 0 aliphatic heterocycles. The Bertz CT molecular complexity index is 710. The number of ether oxygens (including phenoxy) is 1. The number of halogens is 1. The molecule has 0 saturated heterocycles. The van der Waals surface area contributed by atoms with E-state index in [9.17, 15) is 9.90 Å². The van der Waals surface area contributed by atoms with Crippen molar-refractivity contribution in [1.29, 1.82) is 5.26 Å². The van der Waals surface area contributed by atoms with Gasteiger partial charge < -0.3 is 15.2 Å². The molecule has 0 aromatic heterocycles. The van der Waals surface area contributed by atoms with Gasteiger partial charge in [0.05, 0.1) is 11.3 Å². The van der Waals surface area contributed by atoms with Crippen LogP contribution in [0, 0.1) is 11.3 Å². The van der Waals surface area contributed by atoms with Gasteiger partial charge in [-0.3, -0.25) is 4.79 Å². The van der Waals surface area contributed by atoms with Crippen LogP contribution in [-0.2, 0) is 0 Å². The summed E-state index contributed by atoms with van der Waals surface area (Å²) in [6.45, 7) is -0.116. The zero-order valence-electron chi connectivity index (χ0n) is 10.8. The third kappa shape index (κ3) is 3.74. The second-order valence-corrected chi connectivity index (χ2v) is 4.97. The zero-order chi connectivity index (χ0) is 15.2. The number of nitriles is 1. The van der Waals surface area contributed by atoms with Crippen LogP contribution in [0.2, 0.25) is 0 Å². The Morgan fingerprint density at radius 3 is 2.86 bits per heavy atom. The quantitative estimate of drug-likeness (QED) is 0.889. The Kier molecular flexibility index (Phi) is 4.80. The lowest BCUT2D eigenvalue weighted by atomic mass is 10.2. The SMILES string of the molecule is N#CCOc1ccccc1NC(=O)c1cc(Br)ccc1O. The number of amides is 1. The number of phenolic OH excluding ortho intramolecular Hbond substituents is 1. The number of para-hydroxylation sites is 2. The largest absolute Gasteiger partial charge is 0.507 e. The number of rotatable bonds is 4. The molecule has 0 spiro atoms. The summed E-state index contributed by atoms with van der Waals surface area (Å²) in [6.07, 6.45) is 0. The normalized spacial score (nSPS) is 9.71. The van der Waals surface area contributed by atoms with Crippen molar-refractivity contribution in [1.82, 2.24) is 0 Å². The summed E-state index contributed by atoms with van der Waals surface area (Å²) in [5.74, 6) is -0.199. The molecule has 0 fully saturated rings. The lowest BCUT2D eigenvalue weighted by Crippen LogP contribution is -2.13. The molecule has 0 saturated carbocycles. The molecule has 106 valence electrons. The summed E-state index contributed by atoms with van der Waals surface area (Å²) in [5, 5.41) is 20.9.